The molecule has 1 amide bonds. The molecule has 0 bridgehead atoms. The van der Waals surface area contributed by atoms with Crippen molar-refractivity contribution in [1.29, 1.82) is 0 Å². The van der Waals surface area contributed by atoms with Crippen LogP contribution in [0.1, 0.15) is 5.56 Å². The van der Waals surface area contributed by atoms with Gasteiger partial charge in [0, 0.05) is 21.8 Å². The molecule has 6 heteroatoms. The maximum absolute atomic E-state index is 12.5. The van der Waals surface area contributed by atoms with Crippen LogP contribution >= 0.6 is 15.9 Å². The molecule has 5 nitrogen and oxygen atoms in total. The highest BCUT2D eigenvalue weighted by molar-refractivity contribution is 9.10. The van der Waals surface area contributed by atoms with Gasteiger partial charge < -0.3 is 5.32 Å². The first kappa shape index (κ1) is 19.1. The molecule has 1 aromatic heterocycles. The molecule has 0 spiro atoms. The molecule has 0 saturated heterocycles. The second-order valence-electron chi connectivity index (χ2n) is 6.75. The average Bonchev–Trinajstić information content (AvgIpc) is 2.71. The first-order valence-corrected chi connectivity index (χ1v) is 9.93. The molecule has 0 aliphatic rings. The Labute approximate surface area is 176 Å². The van der Waals surface area contributed by atoms with Crippen molar-refractivity contribution in [3.8, 4) is 11.3 Å². The van der Waals surface area contributed by atoms with Gasteiger partial charge in [0.25, 0.3) is 5.56 Å². The third-order valence-electron chi connectivity index (χ3n) is 4.69. The number of fused-ring (bicyclic) bond motifs is 1. The lowest BCUT2D eigenvalue weighted by molar-refractivity contribution is -0.117. The van der Waals surface area contributed by atoms with Gasteiger partial charge in [0.2, 0.25) is 5.91 Å². The van der Waals surface area contributed by atoms with E-state index in [0.717, 1.165) is 26.4 Å². The lowest BCUT2D eigenvalue weighted by atomic mass is 10.0. The number of rotatable bonds is 4. The van der Waals surface area contributed by atoms with E-state index in [2.05, 4.69) is 26.3 Å². The third-order valence-corrected chi connectivity index (χ3v) is 5.18. The van der Waals surface area contributed by atoms with Gasteiger partial charge in [-0.3, -0.25) is 9.59 Å². The lowest BCUT2D eigenvalue weighted by Crippen LogP contribution is -2.29. The van der Waals surface area contributed by atoms with Gasteiger partial charge in [-0.05, 0) is 47.5 Å². The predicted octanol–water partition coefficient (Wildman–Crippen LogP) is 4.77. The zero-order chi connectivity index (χ0) is 20.4. The summed E-state index contributed by atoms with van der Waals surface area (Å²) in [5.74, 6) is -0.305. The molecule has 29 heavy (non-hydrogen) atoms. The molecule has 0 radical (unpaired) electrons. The molecular formula is C23H18BrN3O2. The fraction of sp³-hybridized carbons (Fsp3) is 0.0870. The van der Waals surface area contributed by atoms with Gasteiger partial charge in [-0.1, -0.05) is 58.4 Å². The Hall–Kier alpha value is -3.25. The van der Waals surface area contributed by atoms with Crippen molar-refractivity contribution < 1.29 is 4.79 Å². The van der Waals surface area contributed by atoms with Crippen molar-refractivity contribution >= 4 is 38.3 Å². The van der Waals surface area contributed by atoms with E-state index >= 15 is 0 Å². The van der Waals surface area contributed by atoms with E-state index in [0.29, 0.717) is 11.4 Å². The summed E-state index contributed by atoms with van der Waals surface area (Å²) in [7, 11) is 0. The van der Waals surface area contributed by atoms with E-state index in [1.807, 2.05) is 67.6 Å². The molecule has 0 saturated carbocycles. The van der Waals surface area contributed by atoms with Gasteiger partial charge in [-0.2, -0.15) is 5.10 Å². The fourth-order valence-electron chi connectivity index (χ4n) is 3.25. The van der Waals surface area contributed by atoms with E-state index in [4.69, 9.17) is 0 Å². The summed E-state index contributed by atoms with van der Waals surface area (Å²) in [6.07, 6.45) is 0. The van der Waals surface area contributed by atoms with Crippen LogP contribution in [0.25, 0.3) is 22.0 Å². The highest BCUT2D eigenvalue weighted by atomic mass is 79.9. The van der Waals surface area contributed by atoms with Crippen LogP contribution in [0.3, 0.4) is 0 Å². The molecule has 144 valence electrons. The summed E-state index contributed by atoms with van der Waals surface area (Å²) in [5, 5.41) is 9.42. The fourth-order valence-corrected chi connectivity index (χ4v) is 3.72. The predicted molar refractivity (Wildman–Crippen MR) is 119 cm³/mol. The van der Waals surface area contributed by atoms with Crippen LogP contribution in [0.5, 0.6) is 0 Å². The molecule has 0 aliphatic carbocycles. The van der Waals surface area contributed by atoms with Crippen LogP contribution in [-0.4, -0.2) is 15.7 Å². The minimum atomic E-state index is -0.323. The molecule has 4 aromatic rings. The molecule has 0 unspecified atom stereocenters. The number of aromatic nitrogens is 2. The first-order valence-electron chi connectivity index (χ1n) is 9.13. The van der Waals surface area contributed by atoms with Gasteiger partial charge in [0.1, 0.15) is 6.54 Å². The normalized spacial score (nSPS) is 10.8. The quantitative estimate of drug-likeness (QED) is 0.489. The Morgan fingerprint density at radius 3 is 2.66 bits per heavy atom. The average molecular weight is 448 g/mol. The number of anilines is 1. The molecular weight excluding hydrogens is 430 g/mol. The number of halogens is 1. The van der Waals surface area contributed by atoms with E-state index in [-0.39, 0.29) is 18.0 Å². The van der Waals surface area contributed by atoms with Crippen molar-refractivity contribution in [1.82, 2.24) is 9.78 Å². The maximum atomic E-state index is 12.5. The Morgan fingerprint density at radius 1 is 1.03 bits per heavy atom. The van der Waals surface area contributed by atoms with Crippen molar-refractivity contribution in [2.24, 2.45) is 0 Å². The number of benzene rings is 3. The summed E-state index contributed by atoms with van der Waals surface area (Å²) < 4.78 is 2.13. The van der Waals surface area contributed by atoms with Crippen molar-refractivity contribution in [2.75, 3.05) is 5.32 Å². The number of carbonyl (C=O) groups is 1. The van der Waals surface area contributed by atoms with Crippen LogP contribution in [0, 0.1) is 6.92 Å². The molecule has 0 atom stereocenters. The Kier molecular flexibility index (Phi) is 5.27. The minimum absolute atomic E-state index is 0.160. The Balaban J connectivity index is 1.63. The topological polar surface area (TPSA) is 64.0 Å². The largest absolute Gasteiger partial charge is 0.324 e. The van der Waals surface area contributed by atoms with Crippen LogP contribution in [0.4, 0.5) is 5.69 Å². The van der Waals surface area contributed by atoms with Crippen molar-refractivity contribution in [3.05, 3.63) is 93.2 Å². The number of nitrogens with one attached hydrogen (secondary N) is 1. The lowest BCUT2D eigenvalue weighted by Gasteiger charge is -2.11. The second kappa shape index (κ2) is 8.01. The molecule has 4 rings (SSSR count). The van der Waals surface area contributed by atoms with Crippen LogP contribution in [-0.2, 0) is 11.3 Å². The Morgan fingerprint density at radius 2 is 1.83 bits per heavy atom. The molecule has 3 aromatic carbocycles. The van der Waals surface area contributed by atoms with Gasteiger partial charge in [0.05, 0.1) is 5.69 Å². The van der Waals surface area contributed by atoms with Crippen molar-refractivity contribution in [2.45, 2.75) is 13.5 Å². The number of hydrogen-bond donors (Lipinski definition) is 1. The number of nitrogens with zero attached hydrogens (tertiary/aromatic N) is 2. The number of aryl methyl sites for hydroxylation is 1. The minimum Gasteiger partial charge on any atom is -0.324 e. The highest BCUT2D eigenvalue weighted by Crippen LogP contribution is 2.26. The molecule has 0 fully saturated rings. The summed E-state index contributed by atoms with van der Waals surface area (Å²) in [4.78, 5) is 24.8. The van der Waals surface area contributed by atoms with E-state index in [1.165, 1.54) is 10.7 Å². The zero-order valence-corrected chi connectivity index (χ0v) is 17.3. The van der Waals surface area contributed by atoms with Gasteiger partial charge >= 0.3 is 0 Å². The summed E-state index contributed by atoms with van der Waals surface area (Å²) in [5.41, 5.74) is 2.88. The standard InChI is InChI=1S/C23H18BrN3O2/c1-15-13-17(24)9-10-20(15)25-22(28)14-27-23(29)12-11-21(26-27)19-8-4-6-16-5-2-3-7-18(16)19/h2-13H,14H2,1H3,(H,25,28). The summed E-state index contributed by atoms with van der Waals surface area (Å²) in [6, 6.07) is 22.7. The van der Waals surface area contributed by atoms with Crippen LogP contribution < -0.4 is 10.9 Å². The molecule has 1 N–H and O–H groups in total. The Bertz CT molecular complexity index is 1280. The van der Waals surface area contributed by atoms with Gasteiger partial charge in [-0.25, -0.2) is 4.68 Å². The van der Waals surface area contributed by atoms with E-state index in [9.17, 15) is 9.59 Å². The number of carbonyl (C=O) groups excluding carboxylic acids is 1. The van der Waals surface area contributed by atoms with Gasteiger partial charge in [-0.15, -0.1) is 0 Å². The number of amides is 1. The zero-order valence-electron chi connectivity index (χ0n) is 15.7. The number of hydrogen-bond acceptors (Lipinski definition) is 3. The molecule has 0 aliphatic heterocycles. The van der Waals surface area contributed by atoms with Crippen molar-refractivity contribution in [3.63, 3.8) is 0 Å². The second-order valence-corrected chi connectivity index (χ2v) is 7.66. The van der Waals surface area contributed by atoms with Gasteiger partial charge in [0.15, 0.2) is 0 Å². The van der Waals surface area contributed by atoms with Crippen LogP contribution in [0.15, 0.2) is 82.1 Å². The summed E-state index contributed by atoms with van der Waals surface area (Å²) in [6.45, 7) is 1.75. The maximum Gasteiger partial charge on any atom is 0.267 e. The van der Waals surface area contributed by atoms with Crippen LogP contribution in [0.2, 0.25) is 0 Å². The third kappa shape index (κ3) is 4.12. The monoisotopic (exact) mass is 447 g/mol. The first-order chi connectivity index (χ1) is 14.0. The van der Waals surface area contributed by atoms with E-state index in [1.54, 1.807) is 6.07 Å². The highest BCUT2D eigenvalue weighted by Gasteiger charge is 2.11. The van der Waals surface area contributed by atoms with E-state index < -0.39 is 0 Å². The molecule has 1 heterocycles. The smallest absolute Gasteiger partial charge is 0.267 e. The summed E-state index contributed by atoms with van der Waals surface area (Å²) >= 11 is 3.40. The SMILES string of the molecule is Cc1cc(Br)ccc1NC(=O)Cn1nc(-c2cccc3ccccc23)ccc1=O.